The molecule has 1 aromatic rings. The van der Waals surface area contributed by atoms with Crippen LogP contribution < -0.4 is 0 Å². The molecule has 0 spiro atoms. The van der Waals surface area contributed by atoms with Crippen LogP contribution >= 0.6 is 11.6 Å². The highest BCUT2D eigenvalue weighted by atomic mass is 35.5. The second-order valence-electron chi connectivity index (χ2n) is 4.88. The van der Waals surface area contributed by atoms with Crippen molar-refractivity contribution in [1.82, 2.24) is 9.88 Å². The summed E-state index contributed by atoms with van der Waals surface area (Å²) < 4.78 is 37.7. The van der Waals surface area contributed by atoms with Crippen LogP contribution in [0.5, 0.6) is 0 Å². The number of hydrogen-bond donors (Lipinski definition) is 0. The first-order valence-corrected chi connectivity index (χ1v) is 6.66. The maximum Gasteiger partial charge on any atom is 0.391 e. The molecular formula is C13H14ClF3N2O. The molecule has 0 unspecified atom stereocenters. The molecule has 1 saturated heterocycles. The summed E-state index contributed by atoms with van der Waals surface area (Å²) in [5.41, 5.74) is 0.875. The van der Waals surface area contributed by atoms with Crippen LogP contribution in [0.2, 0.25) is 5.15 Å². The molecule has 1 aliphatic rings. The first-order valence-electron chi connectivity index (χ1n) is 6.28. The van der Waals surface area contributed by atoms with Gasteiger partial charge in [0.25, 0.3) is 5.91 Å². The van der Waals surface area contributed by atoms with Crippen molar-refractivity contribution in [2.75, 3.05) is 13.1 Å². The van der Waals surface area contributed by atoms with E-state index >= 15 is 0 Å². The quantitative estimate of drug-likeness (QED) is 0.745. The largest absolute Gasteiger partial charge is 0.391 e. The number of rotatable bonds is 1. The Balaban J connectivity index is 2.05. The predicted molar refractivity (Wildman–Crippen MR) is 68.7 cm³/mol. The van der Waals surface area contributed by atoms with Crippen LogP contribution in [0.25, 0.3) is 0 Å². The molecule has 2 rings (SSSR count). The van der Waals surface area contributed by atoms with E-state index in [0.29, 0.717) is 11.3 Å². The number of amides is 1. The van der Waals surface area contributed by atoms with E-state index in [-0.39, 0.29) is 37.0 Å². The van der Waals surface area contributed by atoms with Gasteiger partial charge in [0.1, 0.15) is 5.15 Å². The van der Waals surface area contributed by atoms with Gasteiger partial charge in [0.05, 0.1) is 17.2 Å². The fraction of sp³-hybridized carbons (Fsp3) is 0.538. The van der Waals surface area contributed by atoms with Crippen molar-refractivity contribution in [3.8, 4) is 0 Å². The van der Waals surface area contributed by atoms with Crippen LogP contribution in [0.4, 0.5) is 13.2 Å². The molecule has 0 aliphatic carbocycles. The van der Waals surface area contributed by atoms with E-state index in [2.05, 4.69) is 4.98 Å². The number of carbonyl (C=O) groups is 1. The first-order chi connectivity index (χ1) is 9.29. The van der Waals surface area contributed by atoms with Crippen LogP contribution in [0.3, 0.4) is 0 Å². The Morgan fingerprint density at radius 3 is 2.45 bits per heavy atom. The highest BCUT2D eigenvalue weighted by Gasteiger charge is 2.41. The molecule has 1 fully saturated rings. The molecule has 7 heteroatoms. The lowest BCUT2D eigenvalue weighted by Crippen LogP contribution is -2.42. The van der Waals surface area contributed by atoms with Gasteiger partial charge in [-0.1, -0.05) is 11.6 Å². The summed E-state index contributed by atoms with van der Waals surface area (Å²) in [4.78, 5) is 17.7. The molecule has 110 valence electrons. The number of pyridine rings is 1. The molecule has 0 radical (unpaired) electrons. The third-order valence-corrected chi connectivity index (χ3v) is 3.74. The SMILES string of the molecule is Cc1nc(Cl)ccc1C(=O)N1CCC(C(F)(F)F)CC1. The van der Waals surface area contributed by atoms with Gasteiger partial charge >= 0.3 is 6.18 Å². The molecule has 0 N–H and O–H groups in total. The normalized spacial score (nSPS) is 17.4. The number of carbonyl (C=O) groups excluding carboxylic acids is 1. The zero-order chi connectivity index (χ0) is 14.9. The van der Waals surface area contributed by atoms with Gasteiger partial charge in [0.15, 0.2) is 0 Å². The fourth-order valence-electron chi connectivity index (χ4n) is 2.34. The molecule has 1 aliphatic heterocycles. The van der Waals surface area contributed by atoms with Crippen molar-refractivity contribution in [3.63, 3.8) is 0 Å². The fourth-order valence-corrected chi connectivity index (χ4v) is 2.53. The summed E-state index contributed by atoms with van der Waals surface area (Å²) in [7, 11) is 0. The van der Waals surface area contributed by atoms with E-state index in [4.69, 9.17) is 11.6 Å². The van der Waals surface area contributed by atoms with E-state index in [1.165, 1.54) is 11.0 Å². The second kappa shape index (κ2) is 5.60. The summed E-state index contributed by atoms with van der Waals surface area (Å²) in [5.74, 6) is -1.59. The minimum absolute atomic E-state index is 0.0463. The highest BCUT2D eigenvalue weighted by molar-refractivity contribution is 6.29. The lowest BCUT2D eigenvalue weighted by Gasteiger charge is -2.33. The van der Waals surface area contributed by atoms with Gasteiger partial charge in [-0.05, 0) is 31.9 Å². The summed E-state index contributed by atoms with van der Waals surface area (Å²) in [6.07, 6.45) is -4.27. The van der Waals surface area contributed by atoms with Crippen molar-refractivity contribution in [2.45, 2.75) is 25.9 Å². The molecular weight excluding hydrogens is 293 g/mol. The van der Waals surface area contributed by atoms with Gasteiger partial charge in [-0.25, -0.2) is 4.98 Å². The van der Waals surface area contributed by atoms with Crippen molar-refractivity contribution in [1.29, 1.82) is 0 Å². The molecule has 0 atom stereocenters. The topological polar surface area (TPSA) is 33.2 Å². The van der Waals surface area contributed by atoms with Crippen LogP contribution in [-0.4, -0.2) is 35.1 Å². The first kappa shape index (κ1) is 15.1. The number of nitrogens with zero attached hydrogens (tertiary/aromatic N) is 2. The number of likely N-dealkylation sites (tertiary alicyclic amines) is 1. The lowest BCUT2D eigenvalue weighted by molar-refractivity contribution is -0.183. The highest BCUT2D eigenvalue weighted by Crippen LogP contribution is 2.34. The van der Waals surface area contributed by atoms with E-state index in [0.717, 1.165) is 0 Å². The Hall–Kier alpha value is -1.30. The number of alkyl halides is 3. The molecule has 2 heterocycles. The Morgan fingerprint density at radius 2 is 1.95 bits per heavy atom. The zero-order valence-electron chi connectivity index (χ0n) is 10.9. The van der Waals surface area contributed by atoms with Crippen molar-refractivity contribution in [2.24, 2.45) is 5.92 Å². The maximum absolute atomic E-state index is 12.6. The number of piperidine rings is 1. The van der Waals surface area contributed by atoms with Crippen molar-refractivity contribution in [3.05, 3.63) is 28.5 Å². The van der Waals surface area contributed by atoms with Crippen LogP contribution in [0.15, 0.2) is 12.1 Å². The number of aryl methyl sites for hydroxylation is 1. The third-order valence-electron chi connectivity index (χ3n) is 3.53. The standard InChI is InChI=1S/C13H14ClF3N2O/c1-8-10(2-3-11(14)18-8)12(20)19-6-4-9(5-7-19)13(15,16)17/h2-3,9H,4-7H2,1H3. The zero-order valence-corrected chi connectivity index (χ0v) is 11.6. The smallest absolute Gasteiger partial charge is 0.339 e. The molecule has 0 saturated carbocycles. The Labute approximate surface area is 119 Å². The molecule has 1 aromatic heterocycles. The Kier molecular flexibility index (Phi) is 4.22. The predicted octanol–water partition coefficient (Wildman–Crippen LogP) is 3.46. The number of halogens is 4. The van der Waals surface area contributed by atoms with E-state index in [1.54, 1.807) is 13.0 Å². The second-order valence-corrected chi connectivity index (χ2v) is 5.26. The lowest BCUT2D eigenvalue weighted by atomic mass is 9.96. The van der Waals surface area contributed by atoms with Crippen molar-refractivity contribution < 1.29 is 18.0 Å². The van der Waals surface area contributed by atoms with Gasteiger partial charge in [0, 0.05) is 13.1 Å². The molecule has 3 nitrogen and oxygen atoms in total. The molecule has 0 aromatic carbocycles. The van der Waals surface area contributed by atoms with Crippen LogP contribution in [-0.2, 0) is 0 Å². The van der Waals surface area contributed by atoms with Gasteiger partial charge < -0.3 is 4.90 Å². The van der Waals surface area contributed by atoms with E-state index in [9.17, 15) is 18.0 Å². The molecule has 0 bridgehead atoms. The summed E-state index contributed by atoms with van der Waals surface area (Å²) in [6.45, 7) is 1.89. The number of hydrogen-bond acceptors (Lipinski definition) is 2. The van der Waals surface area contributed by atoms with Crippen LogP contribution in [0, 0.1) is 12.8 Å². The Bertz CT molecular complexity index is 511. The van der Waals surface area contributed by atoms with Gasteiger partial charge in [-0.3, -0.25) is 4.79 Å². The Morgan fingerprint density at radius 1 is 1.35 bits per heavy atom. The average Bonchev–Trinajstić information content (AvgIpc) is 2.37. The summed E-state index contributed by atoms with van der Waals surface area (Å²) in [5, 5.41) is 0.287. The van der Waals surface area contributed by atoms with E-state index < -0.39 is 12.1 Å². The van der Waals surface area contributed by atoms with Crippen LogP contribution in [0.1, 0.15) is 28.9 Å². The average molecular weight is 307 g/mol. The monoisotopic (exact) mass is 306 g/mol. The third kappa shape index (κ3) is 3.23. The minimum Gasteiger partial charge on any atom is -0.339 e. The summed E-state index contributed by atoms with van der Waals surface area (Å²) >= 11 is 5.72. The van der Waals surface area contributed by atoms with Gasteiger partial charge in [0.2, 0.25) is 0 Å². The summed E-state index contributed by atoms with van der Waals surface area (Å²) in [6, 6.07) is 3.06. The maximum atomic E-state index is 12.6. The van der Waals surface area contributed by atoms with Gasteiger partial charge in [-0.15, -0.1) is 0 Å². The minimum atomic E-state index is -4.17. The van der Waals surface area contributed by atoms with Gasteiger partial charge in [-0.2, -0.15) is 13.2 Å². The molecule has 20 heavy (non-hydrogen) atoms. The van der Waals surface area contributed by atoms with E-state index in [1.807, 2.05) is 0 Å². The number of aromatic nitrogens is 1. The van der Waals surface area contributed by atoms with Crippen molar-refractivity contribution >= 4 is 17.5 Å². The molecule has 1 amide bonds.